The van der Waals surface area contributed by atoms with E-state index in [4.69, 9.17) is 63.7 Å². The summed E-state index contributed by atoms with van der Waals surface area (Å²) in [4.78, 5) is 86.2. The summed E-state index contributed by atoms with van der Waals surface area (Å²) < 4.78 is 0. The number of aldehydes is 1. The predicted octanol–water partition coefficient (Wildman–Crippen LogP) is 16.2. The van der Waals surface area contributed by atoms with Crippen LogP contribution in [0.1, 0.15) is 144 Å². The van der Waals surface area contributed by atoms with Gasteiger partial charge < -0.3 is 37.2 Å². The number of hydrogen-bond donors (Lipinski definition) is 7. The number of rotatable bonds is 11. The predicted molar refractivity (Wildman–Crippen MR) is 411 cm³/mol. The highest BCUT2D eigenvalue weighted by Crippen LogP contribution is 2.34. The number of halogens is 5. The van der Waals surface area contributed by atoms with E-state index in [9.17, 15) is 39.0 Å². The third-order valence-electron chi connectivity index (χ3n) is 13.1. The molecule has 0 spiro atoms. The number of nitrogens with two attached hydrogens (primary N) is 1. The fraction of sp³-hybridized carbons (Fsp3) is 0.243. The Kier molecular flexibility index (Phi) is 39.4. The lowest BCUT2D eigenvalue weighted by molar-refractivity contribution is -0.123. The third-order valence-corrected chi connectivity index (χ3v) is 14.3. The molecule has 9 aromatic rings. The molecule has 0 aliphatic heterocycles. The minimum atomic E-state index is -0.892. The van der Waals surface area contributed by atoms with Gasteiger partial charge in [-0.15, -0.1) is 0 Å². The number of amides is 4. The SMILES string of the molecule is CC(C)(C)C(=O)Nc1ccc(Cl)cc1.CC(C)(C)C(=O)Nc1ccc(Cl)cc1C(=O)c1ccncc1.CC(C)(C)C(=O)Nc1ccc(Cl)cc1C(O)c1ccncc1.CC(C)(C)C(=O)Nc1ccc(Cl)cc1C(O)c1ccncc1.Nc1ccc(Cl)cc1.O=Cc1ccncc1.[B].[B].[B].[B]. The molecule has 516 valence electrons. The monoisotopic (exact) mass is 1440 g/mol. The fourth-order valence-corrected chi connectivity index (χ4v) is 8.14. The molecule has 0 saturated heterocycles. The Morgan fingerprint density at radius 1 is 0.390 bits per heavy atom. The average Bonchev–Trinajstić information content (AvgIpc) is 0.829. The molecule has 17 nitrogen and oxygen atoms in total. The Morgan fingerprint density at radius 2 is 0.680 bits per heavy atom. The molecule has 100 heavy (non-hydrogen) atoms. The topological polar surface area (TPSA) is 269 Å². The van der Waals surface area contributed by atoms with Crippen molar-refractivity contribution in [3.05, 3.63) is 265 Å². The molecule has 5 aromatic carbocycles. The summed E-state index contributed by atoms with van der Waals surface area (Å²) in [5.41, 5.74) is 10.4. The lowest BCUT2D eigenvalue weighted by atomic mass is 9.94. The number of aromatic nitrogens is 4. The Morgan fingerprint density at radius 3 is 1.01 bits per heavy atom. The molecular formula is C74H80B4Cl5N9O8. The quantitative estimate of drug-likeness (QED) is 0.0275. The zero-order valence-corrected chi connectivity index (χ0v) is 61.5. The van der Waals surface area contributed by atoms with E-state index in [1.54, 1.807) is 201 Å². The highest BCUT2D eigenvalue weighted by atomic mass is 35.5. The molecule has 0 fully saturated rings. The van der Waals surface area contributed by atoms with Crippen LogP contribution in [0.5, 0.6) is 0 Å². The maximum absolute atomic E-state index is 12.6. The van der Waals surface area contributed by atoms with Crippen LogP contribution < -0.4 is 27.0 Å². The van der Waals surface area contributed by atoms with Gasteiger partial charge in [-0.05, 0) is 163 Å². The van der Waals surface area contributed by atoms with Crippen LogP contribution in [0.4, 0.5) is 28.4 Å². The molecule has 9 rings (SSSR count). The smallest absolute Gasteiger partial charge is 0.229 e. The maximum Gasteiger partial charge on any atom is 0.229 e. The fourth-order valence-electron chi connectivity index (χ4n) is 7.36. The van der Waals surface area contributed by atoms with Gasteiger partial charge in [-0.3, -0.25) is 48.7 Å². The number of aliphatic hydroxyl groups is 2. The van der Waals surface area contributed by atoms with Crippen molar-refractivity contribution in [2.24, 2.45) is 21.7 Å². The molecule has 4 heterocycles. The minimum Gasteiger partial charge on any atom is -0.399 e. The summed E-state index contributed by atoms with van der Waals surface area (Å²) in [7, 11) is 0. The van der Waals surface area contributed by atoms with Gasteiger partial charge >= 0.3 is 0 Å². The molecule has 0 aliphatic rings. The number of aliphatic hydroxyl groups excluding tert-OH is 2. The van der Waals surface area contributed by atoms with E-state index in [-0.39, 0.29) is 68.5 Å². The van der Waals surface area contributed by atoms with Crippen LogP contribution in [0.2, 0.25) is 25.1 Å². The number of carbonyl (C=O) groups excluding carboxylic acids is 6. The number of benzene rings is 5. The van der Waals surface area contributed by atoms with Crippen molar-refractivity contribution < 1.29 is 39.0 Å². The van der Waals surface area contributed by atoms with Gasteiger partial charge in [0.2, 0.25) is 23.6 Å². The zero-order chi connectivity index (χ0) is 71.6. The Hall–Kier alpha value is -8.65. The van der Waals surface area contributed by atoms with E-state index < -0.39 is 28.5 Å². The van der Waals surface area contributed by atoms with Gasteiger partial charge in [0.15, 0.2) is 5.78 Å². The Labute approximate surface area is 619 Å². The van der Waals surface area contributed by atoms with E-state index in [0.29, 0.717) is 76.1 Å². The zero-order valence-electron chi connectivity index (χ0n) is 57.7. The first kappa shape index (κ1) is 91.3. The largest absolute Gasteiger partial charge is 0.399 e. The number of nitrogen functional groups attached to an aromatic ring is 1. The van der Waals surface area contributed by atoms with Crippen molar-refractivity contribution in [2.45, 2.75) is 95.3 Å². The number of nitrogens with zero attached hydrogens (tertiary/aromatic N) is 4. The number of pyridine rings is 4. The molecule has 4 aromatic heterocycles. The summed E-state index contributed by atoms with van der Waals surface area (Å²) in [6.07, 6.45) is 11.7. The van der Waals surface area contributed by atoms with Gasteiger partial charge in [0, 0.05) is 181 Å². The molecular weight excluding hydrogens is 1360 g/mol. The number of ketones is 1. The summed E-state index contributed by atoms with van der Waals surface area (Å²) >= 11 is 29.4. The van der Waals surface area contributed by atoms with Crippen LogP contribution in [0, 0.1) is 21.7 Å². The molecule has 8 N–H and O–H groups in total. The van der Waals surface area contributed by atoms with Crippen molar-refractivity contribution in [2.75, 3.05) is 27.0 Å². The van der Waals surface area contributed by atoms with Crippen molar-refractivity contribution in [1.82, 2.24) is 19.9 Å². The number of carbonyl (C=O) groups is 6. The maximum atomic E-state index is 12.6. The first-order valence-corrected chi connectivity index (χ1v) is 31.7. The lowest BCUT2D eigenvalue weighted by Crippen LogP contribution is -2.28. The summed E-state index contributed by atoms with van der Waals surface area (Å²) in [5, 5.41) is 35.3. The van der Waals surface area contributed by atoms with Crippen molar-refractivity contribution in [3.63, 3.8) is 0 Å². The molecule has 12 radical (unpaired) electrons. The molecule has 26 heteroatoms. The first-order valence-electron chi connectivity index (χ1n) is 29.8. The van der Waals surface area contributed by atoms with E-state index in [2.05, 4.69) is 41.2 Å². The Bertz CT molecular complexity index is 3860. The van der Waals surface area contributed by atoms with Crippen LogP contribution in [0.25, 0.3) is 0 Å². The number of hydrogen-bond acceptors (Lipinski definition) is 13. The van der Waals surface area contributed by atoms with Gasteiger partial charge in [0.25, 0.3) is 0 Å². The summed E-state index contributed by atoms with van der Waals surface area (Å²) in [6, 6.07) is 42.5. The number of nitrogens with one attached hydrogen (secondary N) is 4. The minimum absolute atomic E-state index is 0. The van der Waals surface area contributed by atoms with E-state index in [1.807, 2.05) is 83.1 Å². The van der Waals surface area contributed by atoms with Crippen LogP contribution in [0.3, 0.4) is 0 Å². The molecule has 0 bridgehead atoms. The van der Waals surface area contributed by atoms with E-state index in [0.717, 1.165) is 22.7 Å². The van der Waals surface area contributed by atoms with Gasteiger partial charge in [0.1, 0.15) is 18.5 Å². The van der Waals surface area contributed by atoms with Crippen molar-refractivity contribution >= 4 is 156 Å². The van der Waals surface area contributed by atoms with Crippen LogP contribution in [-0.4, -0.2) is 99.5 Å². The second-order valence-corrected chi connectivity index (χ2v) is 27.5. The summed E-state index contributed by atoms with van der Waals surface area (Å²) in [5.74, 6) is -0.636. The van der Waals surface area contributed by atoms with E-state index in [1.165, 1.54) is 0 Å². The summed E-state index contributed by atoms with van der Waals surface area (Å²) in [6.45, 7) is 22.0. The van der Waals surface area contributed by atoms with Crippen LogP contribution >= 0.6 is 58.0 Å². The van der Waals surface area contributed by atoms with Crippen LogP contribution in [0.15, 0.2) is 201 Å². The normalized spacial score (nSPS) is 11.0. The Balaban J connectivity index is 0.00000121. The molecule has 2 atom stereocenters. The second kappa shape index (κ2) is 43.1. The van der Waals surface area contributed by atoms with Gasteiger partial charge in [-0.1, -0.05) is 141 Å². The molecule has 0 saturated carbocycles. The molecule has 0 aliphatic carbocycles. The number of anilines is 5. The van der Waals surface area contributed by atoms with Gasteiger partial charge in [-0.25, -0.2) is 0 Å². The highest BCUT2D eigenvalue weighted by Gasteiger charge is 2.27. The standard InChI is InChI=1S/2C17H19ClN2O2.C17H17ClN2O2.C11H14ClNO.C6H6ClN.C6H5NO.4B/c3*1-17(2,3)16(22)20-14-5-4-12(18)10-13(14)15(21)11-6-8-19-9-7-11;1-11(2,3)10(14)13-9-6-4-8(12)5-7-9;7-5-1-3-6(8)4-2-5;8-5-6-1-3-7-4-2-6;;;;/h2*4-10,15,21H,1-3H3,(H,20,22);4-10H,1-3H3,(H,20,22);4-7H,1-3H3,(H,13,14);1-4H,8H2;1-5H;;;;. The average molecular weight is 1440 g/mol. The van der Waals surface area contributed by atoms with Crippen LogP contribution in [-0.2, 0) is 19.2 Å². The van der Waals surface area contributed by atoms with Gasteiger partial charge in [-0.2, -0.15) is 0 Å². The van der Waals surface area contributed by atoms with Crippen molar-refractivity contribution in [3.8, 4) is 0 Å². The second-order valence-electron chi connectivity index (χ2n) is 25.4. The van der Waals surface area contributed by atoms with Gasteiger partial charge in [0.05, 0.1) is 5.69 Å². The molecule has 4 amide bonds. The first-order chi connectivity index (χ1) is 45.0. The highest BCUT2D eigenvalue weighted by molar-refractivity contribution is 6.32. The van der Waals surface area contributed by atoms with E-state index >= 15 is 0 Å². The van der Waals surface area contributed by atoms with Crippen molar-refractivity contribution in [1.29, 1.82) is 0 Å². The lowest BCUT2D eigenvalue weighted by Gasteiger charge is -2.21. The molecule has 2 unspecified atom stereocenters. The third kappa shape index (κ3) is 31.7.